The molecule has 0 atom stereocenters. The third-order valence-electron chi connectivity index (χ3n) is 1.92. The average molecular weight is 194 g/mol. The molecule has 0 aliphatic rings. The number of nitrogens with one attached hydrogen (secondary N) is 1. The molecule has 0 unspecified atom stereocenters. The Morgan fingerprint density at radius 2 is 1.71 bits per heavy atom. The maximum Gasteiger partial charge on any atom is 0.122 e. The normalized spacial score (nSPS) is 9.93. The monoisotopic (exact) mass is 194 g/mol. The van der Waals surface area contributed by atoms with E-state index in [2.05, 4.69) is 12.2 Å². The fourth-order valence-corrected chi connectivity index (χ4v) is 1.20. The zero-order valence-electron chi connectivity index (χ0n) is 8.67. The highest BCUT2D eigenvalue weighted by atomic mass is 16.5. The van der Waals surface area contributed by atoms with E-state index < -0.39 is 0 Å². The van der Waals surface area contributed by atoms with Crippen LogP contribution in [0.1, 0.15) is 5.56 Å². The molecule has 0 heterocycles. The van der Waals surface area contributed by atoms with Gasteiger partial charge in [0.05, 0.1) is 14.2 Å². The van der Waals surface area contributed by atoms with Crippen LogP contribution in [0.4, 0.5) is 0 Å². The predicted molar refractivity (Wildman–Crippen MR) is 56.6 cm³/mol. The van der Waals surface area contributed by atoms with Gasteiger partial charge in [0.25, 0.3) is 0 Å². The largest absolute Gasteiger partial charge is 0.497 e. The van der Waals surface area contributed by atoms with Crippen LogP contribution in [0.3, 0.4) is 0 Å². The van der Waals surface area contributed by atoms with Crippen LogP contribution in [0.5, 0.6) is 11.5 Å². The van der Waals surface area contributed by atoms with Gasteiger partial charge in [-0.25, -0.2) is 0 Å². The summed E-state index contributed by atoms with van der Waals surface area (Å²) in [6.45, 7) is 5.20. The van der Waals surface area contributed by atoms with E-state index in [9.17, 15) is 0 Å². The lowest BCUT2D eigenvalue weighted by Gasteiger charge is -2.08. The maximum absolute atomic E-state index is 5.15. The highest BCUT2D eigenvalue weighted by Crippen LogP contribution is 2.22. The third-order valence-corrected chi connectivity index (χ3v) is 1.92. The van der Waals surface area contributed by atoms with E-state index in [-0.39, 0.29) is 0 Å². The van der Waals surface area contributed by atoms with Crippen LogP contribution < -0.4 is 14.8 Å². The van der Waals surface area contributed by atoms with Gasteiger partial charge < -0.3 is 14.8 Å². The second-order valence-electron chi connectivity index (χ2n) is 2.90. The maximum atomic E-state index is 5.15. The fourth-order valence-electron chi connectivity index (χ4n) is 1.20. The van der Waals surface area contributed by atoms with Crippen LogP contribution in [0.2, 0.25) is 0 Å². The molecule has 0 aliphatic carbocycles. The molecule has 0 saturated heterocycles. The second-order valence-corrected chi connectivity index (χ2v) is 2.90. The van der Waals surface area contributed by atoms with Crippen LogP contribution in [-0.4, -0.2) is 20.8 Å². The number of rotatable bonds is 5. The average Bonchev–Trinajstić information content (AvgIpc) is 2.25. The van der Waals surface area contributed by atoms with Crippen molar-refractivity contribution in [2.24, 2.45) is 0 Å². The SMILES string of the molecule is [CH2]CNCc1cc(OC)cc(OC)c1. The van der Waals surface area contributed by atoms with Gasteiger partial charge in [-0.05, 0) is 31.2 Å². The van der Waals surface area contributed by atoms with Crippen molar-refractivity contribution in [3.05, 3.63) is 30.7 Å². The van der Waals surface area contributed by atoms with Gasteiger partial charge in [-0.15, -0.1) is 0 Å². The second kappa shape index (κ2) is 5.50. The van der Waals surface area contributed by atoms with Gasteiger partial charge in [0, 0.05) is 12.6 Å². The number of methoxy groups -OCH3 is 2. The summed E-state index contributed by atoms with van der Waals surface area (Å²) in [5.74, 6) is 1.62. The van der Waals surface area contributed by atoms with Gasteiger partial charge in [-0.1, -0.05) is 0 Å². The lowest BCUT2D eigenvalue weighted by atomic mass is 10.2. The molecule has 1 radical (unpaired) electrons. The number of benzene rings is 1. The quantitative estimate of drug-likeness (QED) is 0.772. The van der Waals surface area contributed by atoms with E-state index in [0.29, 0.717) is 6.54 Å². The van der Waals surface area contributed by atoms with Gasteiger partial charge in [-0.2, -0.15) is 0 Å². The Morgan fingerprint density at radius 1 is 1.14 bits per heavy atom. The zero-order valence-corrected chi connectivity index (χ0v) is 8.67. The van der Waals surface area contributed by atoms with Crippen molar-refractivity contribution < 1.29 is 9.47 Å². The van der Waals surface area contributed by atoms with Crippen molar-refractivity contribution in [2.75, 3.05) is 20.8 Å². The topological polar surface area (TPSA) is 30.5 Å². The van der Waals surface area contributed by atoms with E-state index in [1.54, 1.807) is 14.2 Å². The van der Waals surface area contributed by atoms with Crippen molar-refractivity contribution in [3.63, 3.8) is 0 Å². The number of ether oxygens (including phenoxy) is 2. The van der Waals surface area contributed by atoms with Crippen LogP contribution in [-0.2, 0) is 6.54 Å². The highest BCUT2D eigenvalue weighted by molar-refractivity contribution is 5.38. The molecule has 0 aromatic heterocycles. The van der Waals surface area contributed by atoms with E-state index in [1.165, 1.54) is 0 Å². The Bertz CT molecular complexity index is 264. The molecule has 0 bridgehead atoms. The Balaban J connectivity index is 2.81. The summed E-state index contributed by atoms with van der Waals surface area (Å²) < 4.78 is 10.3. The summed E-state index contributed by atoms with van der Waals surface area (Å²) in [7, 11) is 3.29. The van der Waals surface area contributed by atoms with Crippen LogP contribution >= 0.6 is 0 Å². The van der Waals surface area contributed by atoms with Crippen molar-refractivity contribution in [3.8, 4) is 11.5 Å². The fraction of sp³-hybridized carbons (Fsp3) is 0.364. The summed E-state index contributed by atoms with van der Waals surface area (Å²) in [4.78, 5) is 0. The summed E-state index contributed by atoms with van der Waals surface area (Å²) in [5, 5.41) is 3.14. The van der Waals surface area contributed by atoms with Crippen molar-refractivity contribution in [1.82, 2.24) is 5.32 Å². The summed E-state index contributed by atoms with van der Waals surface area (Å²) in [6, 6.07) is 5.81. The first-order valence-electron chi connectivity index (χ1n) is 4.52. The molecule has 1 aromatic carbocycles. The number of hydrogen-bond acceptors (Lipinski definition) is 3. The minimum absolute atomic E-state index is 0.708. The Hall–Kier alpha value is -1.22. The first-order valence-corrected chi connectivity index (χ1v) is 4.52. The molecule has 3 nitrogen and oxygen atoms in total. The summed E-state index contributed by atoms with van der Waals surface area (Å²) in [6.07, 6.45) is 0. The molecule has 0 aliphatic heterocycles. The van der Waals surface area contributed by atoms with E-state index in [0.717, 1.165) is 23.6 Å². The molecule has 14 heavy (non-hydrogen) atoms. The van der Waals surface area contributed by atoms with Gasteiger partial charge >= 0.3 is 0 Å². The van der Waals surface area contributed by atoms with E-state index in [1.807, 2.05) is 18.2 Å². The molecule has 1 aromatic rings. The van der Waals surface area contributed by atoms with E-state index in [4.69, 9.17) is 9.47 Å². The Morgan fingerprint density at radius 3 is 2.14 bits per heavy atom. The molecular formula is C11H16NO2. The van der Waals surface area contributed by atoms with Gasteiger partial charge in [0.1, 0.15) is 11.5 Å². The summed E-state index contributed by atoms with van der Waals surface area (Å²) >= 11 is 0. The Kier molecular flexibility index (Phi) is 4.26. The van der Waals surface area contributed by atoms with Crippen LogP contribution in [0.25, 0.3) is 0 Å². The third kappa shape index (κ3) is 2.92. The van der Waals surface area contributed by atoms with E-state index >= 15 is 0 Å². The summed E-state index contributed by atoms with van der Waals surface area (Å²) in [5.41, 5.74) is 1.13. The molecule has 1 N–H and O–H groups in total. The van der Waals surface area contributed by atoms with Crippen LogP contribution in [0.15, 0.2) is 18.2 Å². The molecule has 77 valence electrons. The molecule has 0 spiro atoms. The standard InChI is InChI=1S/C11H16NO2/c1-4-12-8-9-5-10(13-2)7-11(6-9)14-3/h5-7,12H,1,4,8H2,2-3H3. The smallest absolute Gasteiger partial charge is 0.122 e. The molecule has 0 saturated carbocycles. The van der Waals surface area contributed by atoms with Crippen molar-refractivity contribution in [1.29, 1.82) is 0 Å². The lowest BCUT2D eigenvalue weighted by molar-refractivity contribution is 0.393. The zero-order chi connectivity index (χ0) is 10.4. The molecule has 3 heteroatoms. The van der Waals surface area contributed by atoms with Gasteiger partial charge in [0.2, 0.25) is 0 Å². The first kappa shape index (κ1) is 10.9. The molecule has 0 fully saturated rings. The minimum Gasteiger partial charge on any atom is -0.497 e. The van der Waals surface area contributed by atoms with Crippen LogP contribution in [0, 0.1) is 6.92 Å². The van der Waals surface area contributed by atoms with Crippen molar-refractivity contribution >= 4 is 0 Å². The molecule has 1 rings (SSSR count). The van der Waals surface area contributed by atoms with Gasteiger partial charge in [0.15, 0.2) is 0 Å². The first-order chi connectivity index (χ1) is 6.80. The highest BCUT2D eigenvalue weighted by Gasteiger charge is 2.00. The minimum atomic E-state index is 0.708. The van der Waals surface area contributed by atoms with Gasteiger partial charge in [-0.3, -0.25) is 0 Å². The predicted octanol–water partition coefficient (Wildman–Crippen LogP) is 1.63. The molecule has 0 amide bonds. The van der Waals surface area contributed by atoms with Crippen molar-refractivity contribution in [2.45, 2.75) is 6.54 Å². The Labute approximate surface area is 85.0 Å². The molecular weight excluding hydrogens is 178 g/mol. The lowest BCUT2D eigenvalue weighted by Crippen LogP contribution is -2.12. The number of hydrogen-bond donors (Lipinski definition) is 1.